The van der Waals surface area contributed by atoms with Gasteiger partial charge in [0.15, 0.2) is 6.17 Å². The van der Waals surface area contributed by atoms with Crippen LogP contribution in [0.3, 0.4) is 0 Å². The first-order valence-electron chi connectivity index (χ1n) is 12.4. The summed E-state index contributed by atoms with van der Waals surface area (Å²) in [6.07, 6.45) is 9.02. The van der Waals surface area contributed by atoms with Crippen molar-refractivity contribution in [2.45, 2.75) is 65.1 Å². The van der Waals surface area contributed by atoms with Crippen LogP contribution in [0.4, 0.5) is 4.79 Å². The van der Waals surface area contributed by atoms with Crippen LogP contribution in [0.15, 0.2) is 31.1 Å². The van der Waals surface area contributed by atoms with Crippen molar-refractivity contribution in [3.8, 4) is 11.3 Å². The zero-order valence-electron chi connectivity index (χ0n) is 20.2. The number of carbonyl (C=O) groups is 1. The number of rotatable bonds is 7. The fraction of sp³-hybridized carbons (Fsp3) is 0.462. The number of nitrogens with one attached hydrogen (secondary N) is 2. The highest BCUT2D eigenvalue weighted by atomic mass is 35.5. The summed E-state index contributed by atoms with van der Waals surface area (Å²) in [4.78, 5) is 30.9. The molecule has 184 valence electrons. The number of aromatic nitrogens is 4. The molecule has 5 rings (SSSR count). The van der Waals surface area contributed by atoms with Crippen molar-refractivity contribution in [3.05, 3.63) is 47.6 Å². The summed E-state index contributed by atoms with van der Waals surface area (Å²) in [5.74, 6) is 2.26. The number of allylic oxidation sites excluding steroid dienone is 1. The summed E-state index contributed by atoms with van der Waals surface area (Å²) in [5, 5.41) is 3.26. The maximum atomic E-state index is 11.7. The van der Waals surface area contributed by atoms with Gasteiger partial charge in [0.1, 0.15) is 5.82 Å². The van der Waals surface area contributed by atoms with Crippen molar-refractivity contribution in [1.29, 1.82) is 0 Å². The standard InChI is InChI=1S/C26H31ClN6O2/c1-4-5-16(3)25-30-20-11-21(24-31-26(34)35-32-24)29-22(18-10-19(27)13-28-12-18)23(20)33(25)14-17-8-6-15(2)7-9-17/h10-13,15,17,24,32H,3-9,14H2,1-2H3,(H,31,34). The Kier molecular flexibility index (Phi) is 6.75. The summed E-state index contributed by atoms with van der Waals surface area (Å²) < 4.78 is 2.30. The van der Waals surface area contributed by atoms with Gasteiger partial charge in [-0.15, -0.1) is 5.48 Å². The SMILES string of the molecule is C=C(CCC)c1nc2cc(C3NOC(=O)N3)nc(-c3cncc(Cl)c3)c2n1CC1CCC(C)CC1. The van der Waals surface area contributed by atoms with Gasteiger partial charge in [-0.05, 0) is 48.8 Å². The van der Waals surface area contributed by atoms with Crippen LogP contribution >= 0.6 is 11.6 Å². The molecule has 0 spiro atoms. The van der Waals surface area contributed by atoms with Gasteiger partial charge in [-0.3, -0.25) is 10.3 Å². The molecule has 0 aromatic carbocycles. The minimum atomic E-state index is -0.579. The third kappa shape index (κ3) is 4.90. The van der Waals surface area contributed by atoms with Gasteiger partial charge in [0.2, 0.25) is 0 Å². The van der Waals surface area contributed by atoms with E-state index in [4.69, 9.17) is 26.4 Å². The summed E-state index contributed by atoms with van der Waals surface area (Å²) in [6.45, 7) is 9.73. The molecule has 1 atom stereocenters. The Labute approximate surface area is 210 Å². The molecule has 8 nitrogen and oxygen atoms in total. The second kappa shape index (κ2) is 9.95. The number of hydrogen-bond donors (Lipinski definition) is 2. The molecule has 0 bridgehead atoms. The first-order valence-corrected chi connectivity index (χ1v) is 12.7. The van der Waals surface area contributed by atoms with Crippen LogP contribution in [0.1, 0.15) is 70.1 Å². The van der Waals surface area contributed by atoms with Gasteiger partial charge < -0.3 is 9.40 Å². The van der Waals surface area contributed by atoms with E-state index < -0.39 is 12.3 Å². The number of carbonyl (C=O) groups excluding carboxylic acids is 1. The van der Waals surface area contributed by atoms with E-state index in [9.17, 15) is 4.79 Å². The minimum absolute atomic E-state index is 0.529. The van der Waals surface area contributed by atoms with Crippen molar-refractivity contribution >= 4 is 34.3 Å². The molecule has 1 aliphatic heterocycles. The number of nitrogens with zero attached hydrogens (tertiary/aromatic N) is 4. The third-order valence-corrected chi connectivity index (χ3v) is 7.20. The smallest absolute Gasteiger partial charge is 0.351 e. The molecular weight excluding hydrogens is 464 g/mol. The van der Waals surface area contributed by atoms with Crippen molar-refractivity contribution < 1.29 is 9.63 Å². The predicted molar refractivity (Wildman–Crippen MR) is 136 cm³/mol. The zero-order valence-corrected chi connectivity index (χ0v) is 20.9. The van der Waals surface area contributed by atoms with Crippen molar-refractivity contribution in [2.24, 2.45) is 11.8 Å². The second-order valence-electron chi connectivity index (χ2n) is 9.77. The number of hydrogen-bond acceptors (Lipinski definition) is 6. The number of halogens is 1. The van der Waals surface area contributed by atoms with Gasteiger partial charge in [-0.1, -0.05) is 51.3 Å². The van der Waals surface area contributed by atoms with Crippen LogP contribution in [0.25, 0.3) is 27.9 Å². The molecule has 1 saturated heterocycles. The Morgan fingerprint density at radius 2 is 2.03 bits per heavy atom. The van der Waals surface area contributed by atoms with Crippen LogP contribution in [0, 0.1) is 11.8 Å². The lowest BCUT2D eigenvalue weighted by atomic mass is 9.83. The lowest BCUT2D eigenvalue weighted by molar-refractivity contribution is 0.121. The van der Waals surface area contributed by atoms with Gasteiger partial charge >= 0.3 is 6.09 Å². The molecule has 2 aliphatic rings. The third-order valence-electron chi connectivity index (χ3n) is 6.99. The van der Waals surface area contributed by atoms with Crippen molar-refractivity contribution in [3.63, 3.8) is 0 Å². The highest BCUT2D eigenvalue weighted by Crippen LogP contribution is 2.36. The van der Waals surface area contributed by atoms with Gasteiger partial charge in [0, 0.05) is 24.5 Å². The number of hydroxylamine groups is 1. The van der Waals surface area contributed by atoms with Crippen LogP contribution < -0.4 is 10.8 Å². The first kappa shape index (κ1) is 23.8. The molecule has 3 aromatic rings. The van der Waals surface area contributed by atoms with E-state index in [2.05, 4.69) is 40.8 Å². The average molecular weight is 495 g/mol. The molecular formula is C26H31ClN6O2. The molecule has 4 heterocycles. The lowest BCUT2D eigenvalue weighted by Crippen LogP contribution is -2.23. The average Bonchev–Trinajstić information content (AvgIpc) is 3.44. The lowest BCUT2D eigenvalue weighted by Gasteiger charge is -2.27. The number of amides is 1. The van der Waals surface area contributed by atoms with Crippen molar-refractivity contribution in [2.75, 3.05) is 0 Å². The maximum Gasteiger partial charge on any atom is 0.427 e. The second-order valence-corrected chi connectivity index (χ2v) is 10.2. The highest BCUT2D eigenvalue weighted by molar-refractivity contribution is 6.30. The summed E-state index contributed by atoms with van der Waals surface area (Å²) in [7, 11) is 0. The van der Waals surface area contributed by atoms with Gasteiger partial charge in [-0.2, -0.15) is 0 Å². The predicted octanol–water partition coefficient (Wildman–Crippen LogP) is 6.03. The molecule has 0 radical (unpaired) electrons. The van der Waals surface area contributed by atoms with Gasteiger partial charge in [0.05, 0.1) is 27.4 Å². The van der Waals surface area contributed by atoms with Gasteiger partial charge in [-0.25, -0.2) is 14.8 Å². The quantitative estimate of drug-likeness (QED) is 0.416. The van der Waals surface area contributed by atoms with E-state index in [1.165, 1.54) is 25.7 Å². The molecule has 1 unspecified atom stereocenters. The Hall–Kier alpha value is -2.97. The highest BCUT2D eigenvalue weighted by Gasteiger charge is 2.29. The molecule has 2 N–H and O–H groups in total. The van der Waals surface area contributed by atoms with E-state index in [1.54, 1.807) is 12.4 Å². The topological polar surface area (TPSA) is 94.0 Å². The monoisotopic (exact) mass is 494 g/mol. The van der Waals surface area contributed by atoms with Crippen LogP contribution in [0.2, 0.25) is 5.02 Å². The van der Waals surface area contributed by atoms with Crippen LogP contribution in [0.5, 0.6) is 0 Å². The molecule has 1 saturated carbocycles. The van der Waals surface area contributed by atoms with E-state index in [1.807, 2.05) is 12.1 Å². The van der Waals surface area contributed by atoms with Crippen LogP contribution in [-0.4, -0.2) is 25.6 Å². The van der Waals surface area contributed by atoms with E-state index in [0.29, 0.717) is 16.6 Å². The molecule has 2 fully saturated rings. The fourth-order valence-electron chi connectivity index (χ4n) is 5.12. The van der Waals surface area contributed by atoms with E-state index >= 15 is 0 Å². The fourth-order valence-corrected chi connectivity index (χ4v) is 5.29. The summed E-state index contributed by atoms with van der Waals surface area (Å²) in [5.41, 5.74) is 7.56. The van der Waals surface area contributed by atoms with E-state index in [-0.39, 0.29) is 0 Å². The minimum Gasteiger partial charge on any atom is -0.351 e. The number of imidazole rings is 1. The molecule has 9 heteroatoms. The Balaban J connectivity index is 1.69. The Morgan fingerprint density at radius 3 is 2.71 bits per heavy atom. The maximum absolute atomic E-state index is 11.7. The molecule has 3 aromatic heterocycles. The molecule has 1 aliphatic carbocycles. The van der Waals surface area contributed by atoms with E-state index in [0.717, 1.165) is 59.0 Å². The van der Waals surface area contributed by atoms with Crippen molar-refractivity contribution in [1.82, 2.24) is 30.3 Å². The zero-order chi connectivity index (χ0) is 24.5. The molecule has 35 heavy (non-hydrogen) atoms. The normalized spacial score (nSPS) is 22.3. The Morgan fingerprint density at radius 1 is 1.23 bits per heavy atom. The van der Waals surface area contributed by atoms with Crippen LogP contribution in [-0.2, 0) is 11.4 Å². The Bertz CT molecular complexity index is 1260. The first-order chi connectivity index (χ1) is 16.9. The van der Waals surface area contributed by atoms with Gasteiger partial charge in [0.25, 0.3) is 0 Å². The summed E-state index contributed by atoms with van der Waals surface area (Å²) >= 11 is 6.32. The summed E-state index contributed by atoms with van der Waals surface area (Å²) in [6, 6.07) is 3.77. The number of pyridine rings is 2. The largest absolute Gasteiger partial charge is 0.427 e. The molecule has 1 amide bonds. The number of fused-ring (bicyclic) bond motifs is 1.